The van der Waals surface area contributed by atoms with Crippen LogP contribution in [0.1, 0.15) is 50.0 Å². The number of halogens is 1. The maximum Gasteiger partial charge on any atom is 0.167 e. The Balaban J connectivity index is 1.76. The average Bonchev–Trinajstić information content (AvgIpc) is 3.01. The van der Waals surface area contributed by atoms with Crippen molar-refractivity contribution < 1.29 is 0 Å². The maximum absolute atomic E-state index is 6.04. The van der Waals surface area contributed by atoms with Gasteiger partial charge in [-0.3, -0.25) is 0 Å². The largest absolute Gasteiger partial charge is 0.360 e. The zero-order chi connectivity index (χ0) is 17.8. The molecule has 4 nitrogen and oxygen atoms in total. The summed E-state index contributed by atoms with van der Waals surface area (Å²) in [7, 11) is 1.99. The molecule has 0 bridgehead atoms. The molecule has 1 fully saturated rings. The van der Waals surface area contributed by atoms with E-state index in [1.165, 1.54) is 25.7 Å². The topological polar surface area (TPSA) is 41.9 Å². The Bertz CT molecular complexity index is 712. The van der Waals surface area contributed by atoms with Crippen molar-refractivity contribution in [2.75, 3.05) is 0 Å². The lowest BCUT2D eigenvalue weighted by molar-refractivity contribution is 0.307. The summed E-state index contributed by atoms with van der Waals surface area (Å²) in [5.41, 5.74) is 1.08. The first-order valence-electron chi connectivity index (χ1n) is 8.84. The summed E-state index contributed by atoms with van der Waals surface area (Å²) < 4.78 is 2.01. The van der Waals surface area contributed by atoms with E-state index in [-0.39, 0.29) is 6.04 Å². The number of nitrogens with zero attached hydrogens (tertiary/aromatic N) is 2. The Hall–Kier alpha value is -1.59. The third kappa shape index (κ3) is 4.53. The van der Waals surface area contributed by atoms with Crippen LogP contribution in [0.4, 0.5) is 0 Å². The number of aryl methyl sites for hydroxylation is 1. The fourth-order valence-corrected chi connectivity index (χ4v) is 3.87. The number of hydrogen-bond donors (Lipinski definition) is 2. The highest BCUT2D eigenvalue weighted by molar-refractivity contribution is 7.80. The van der Waals surface area contributed by atoms with E-state index in [2.05, 4.69) is 22.5 Å². The second kappa shape index (κ2) is 8.19. The minimum atomic E-state index is -0.115. The molecule has 0 amide bonds. The van der Waals surface area contributed by atoms with Crippen LogP contribution >= 0.6 is 23.8 Å². The molecule has 0 spiro atoms. The Morgan fingerprint density at radius 3 is 2.64 bits per heavy atom. The molecular formula is C19H25ClN4S. The molecule has 0 radical (unpaired) electrons. The smallest absolute Gasteiger partial charge is 0.167 e. The summed E-state index contributed by atoms with van der Waals surface area (Å²) >= 11 is 11.7. The highest BCUT2D eigenvalue weighted by Crippen LogP contribution is 2.25. The molecule has 0 aliphatic heterocycles. The van der Waals surface area contributed by atoms with Gasteiger partial charge in [-0.05, 0) is 48.7 Å². The Labute approximate surface area is 160 Å². The number of hydrogen-bond acceptors (Lipinski definition) is 2. The van der Waals surface area contributed by atoms with Crippen molar-refractivity contribution in [1.82, 2.24) is 20.2 Å². The second-order valence-electron chi connectivity index (χ2n) is 6.87. The quantitative estimate of drug-likeness (QED) is 0.784. The minimum Gasteiger partial charge on any atom is -0.360 e. The molecule has 6 heteroatoms. The Kier molecular flexibility index (Phi) is 5.97. The van der Waals surface area contributed by atoms with Gasteiger partial charge in [-0.25, -0.2) is 4.98 Å². The Morgan fingerprint density at radius 2 is 2.00 bits per heavy atom. The highest BCUT2D eigenvalue weighted by Gasteiger charge is 2.24. The molecule has 3 rings (SSSR count). The van der Waals surface area contributed by atoms with Crippen LogP contribution < -0.4 is 10.6 Å². The van der Waals surface area contributed by atoms with Gasteiger partial charge < -0.3 is 15.2 Å². The standard InChI is InChI=1S/C19H25ClN4S/c1-13-5-3-4-6-16(13)22-19(25)23-17(18-21-11-12-24(18)2)14-7-9-15(20)10-8-14/h7-13,16-17H,3-6H2,1-2H3,(H2,22,23,25)/t13-,16+,17-/m0/s1. The minimum absolute atomic E-state index is 0.115. The van der Waals surface area contributed by atoms with E-state index in [0.29, 0.717) is 17.1 Å². The lowest BCUT2D eigenvalue weighted by atomic mass is 9.86. The summed E-state index contributed by atoms with van der Waals surface area (Å²) in [6.07, 6.45) is 8.78. The van der Waals surface area contributed by atoms with Gasteiger partial charge in [0.2, 0.25) is 0 Å². The summed E-state index contributed by atoms with van der Waals surface area (Å²) in [5, 5.41) is 8.38. The fraction of sp³-hybridized carbons (Fsp3) is 0.474. The fourth-order valence-electron chi connectivity index (χ4n) is 3.48. The molecule has 1 aliphatic carbocycles. The third-order valence-electron chi connectivity index (χ3n) is 5.02. The van der Waals surface area contributed by atoms with Gasteiger partial charge >= 0.3 is 0 Å². The van der Waals surface area contributed by atoms with Crippen LogP contribution in [-0.4, -0.2) is 20.7 Å². The highest BCUT2D eigenvalue weighted by atomic mass is 35.5. The molecule has 1 saturated carbocycles. The van der Waals surface area contributed by atoms with E-state index in [1.807, 2.05) is 42.1 Å². The number of benzene rings is 1. The van der Waals surface area contributed by atoms with E-state index in [4.69, 9.17) is 23.8 Å². The van der Waals surface area contributed by atoms with Crippen molar-refractivity contribution in [2.24, 2.45) is 13.0 Å². The van der Waals surface area contributed by atoms with E-state index >= 15 is 0 Å². The van der Waals surface area contributed by atoms with Crippen molar-refractivity contribution in [1.29, 1.82) is 0 Å². The molecule has 1 aliphatic rings. The van der Waals surface area contributed by atoms with Gasteiger partial charge in [-0.15, -0.1) is 0 Å². The summed E-state index contributed by atoms with van der Waals surface area (Å²) in [5.74, 6) is 1.57. The van der Waals surface area contributed by atoms with E-state index < -0.39 is 0 Å². The van der Waals surface area contributed by atoms with Crippen LogP contribution in [0.3, 0.4) is 0 Å². The van der Waals surface area contributed by atoms with Gasteiger partial charge in [0.1, 0.15) is 11.9 Å². The zero-order valence-corrected chi connectivity index (χ0v) is 16.3. The van der Waals surface area contributed by atoms with Gasteiger partial charge in [-0.1, -0.05) is 43.5 Å². The van der Waals surface area contributed by atoms with Crippen LogP contribution in [0.15, 0.2) is 36.7 Å². The number of rotatable bonds is 4. The van der Waals surface area contributed by atoms with Crippen LogP contribution in [0.25, 0.3) is 0 Å². The lowest BCUT2D eigenvalue weighted by Gasteiger charge is -2.31. The van der Waals surface area contributed by atoms with Crippen molar-refractivity contribution in [3.8, 4) is 0 Å². The molecule has 3 atom stereocenters. The van der Waals surface area contributed by atoms with Gasteiger partial charge in [0.15, 0.2) is 5.11 Å². The molecule has 1 heterocycles. The molecule has 2 N–H and O–H groups in total. The van der Waals surface area contributed by atoms with Gasteiger partial charge in [0.05, 0.1) is 0 Å². The number of imidazole rings is 1. The molecule has 1 aromatic heterocycles. The predicted molar refractivity (Wildman–Crippen MR) is 107 cm³/mol. The van der Waals surface area contributed by atoms with Crippen molar-refractivity contribution >= 4 is 28.9 Å². The van der Waals surface area contributed by atoms with Crippen LogP contribution in [-0.2, 0) is 7.05 Å². The van der Waals surface area contributed by atoms with E-state index in [9.17, 15) is 0 Å². The van der Waals surface area contributed by atoms with Crippen molar-refractivity contribution in [3.63, 3.8) is 0 Å². The summed E-state index contributed by atoms with van der Waals surface area (Å²) in [6, 6.07) is 8.15. The maximum atomic E-state index is 6.04. The average molecular weight is 377 g/mol. The van der Waals surface area contributed by atoms with Crippen LogP contribution in [0.5, 0.6) is 0 Å². The number of nitrogens with one attached hydrogen (secondary N) is 2. The van der Waals surface area contributed by atoms with Crippen LogP contribution in [0.2, 0.25) is 5.02 Å². The molecule has 25 heavy (non-hydrogen) atoms. The number of aromatic nitrogens is 2. The van der Waals surface area contributed by atoms with Gasteiger partial charge in [-0.2, -0.15) is 0 Å². The Morgan fingerprint density at radius 1 is 1.28 bits per heavy atom. The van der Waals surface area contributed by atoms with E-state index in [1.54, 1.807) is 6.20 Å². The molecule has 0 saturated heterocycles. The van der Waals surface area contributed by atoms with Crippen molar-refractivity contribution in [2.45, 2.75) is 44.7 Å². The molecular weight excluding hydrogens is 352 g/mol. The molecule has 134 valence electrons. The van der Waals surface area contributed by atoms with Gasteiger partial charge in [0.25, 0.3) is 0 Å². The van der Waals surface area contributed by atoms with Crippen LogP contribution in [0, 0.1) is 5.92 Å². The first-order chi connectivity index (χ1) is 12.0. The molecule has 2 aromatic rings. The van der Waals surface area contributed by atoms with Gasteiger partial charge in [0, 0.05) is 30.5 Å². The second-order valence-corrected chi connectivity index (χ2v) is 7.71. The normalized spacial score (nSPS) is 21.6. The SMILES string of the molecule is C[C@H]1CCCC[C@H]1NC(=S)N[C@@H](c1ccc(Cl)cc1)c1nccn1C. The summed E-state index contributed by atoms with van der Waals surface area (Å²) in [4.78, 5) is 4.51. The third-order valence-corrected chi connectivity index (χ3v) is 5.51. The predicted octanol–water partition coefficient (Wildman–Crippen LogP) is 4.21. The molecule has 1 aromatic carbocycles. The lowest BCUT2D eigenvalue weighted by Crippen LogP contribution is -2.47. The monoisotopic (exact) mass is 376 g/mol. The first kappa shape index (κ1) is 18.2. The number of thiocarbonyl (C=S) groups is 1. The van der Waals surface area contributed by atoms with E-state index in [0.717, 1.165) is 16.4 Å². The molecule has 0 unspecified atom stereocenters. The van der Waals surface area contributed by atoms with Crippen molar-refractivity contribution in [3.05, 3.63) is 53.1 Å². The summed E-state index contributed by atoms with van der Waals surface area (Å²) in [6.45, 7) is 2.30. The first-order valence-corrected chi connectivity index (χ1v) is 9.63. The zero-order valence-electron chi connectivity index (χ0n) is 14.7.